The average Bonchev–Trinajstić information content (AvgIpc) is 2.66. The Morgan fingerprint density at radius 3 is 2.54 bits per heavy atom. The molecule has 0 saturated carbocycles. The first-order chi connectivity index (χ1) is 12.6. The van der Waals surface area contributed by atoms with Gasteiger partial charge < -0.3 is 19.5 Å². The fraction of sp³-hybridized carbons (Fsp3) is 0.632. The van der Waals surface area contributed by atoms with Crippen LogP contribution in [0.3, 0.4) is 0 Å². The van der Waals surface area contributed by atoms with Crippen molar-refractivity contribution < 1.29 is 19.4 Å². The lowest BCUT2D eigenvalue weighted by Gasteiger charge is -2.43. The van der Waals surface area contributed by atoms with Crippen molar-refractivity contribution in [2.24, 2.45) is 0 Å². The average molecular weight is 383 g/mol. The Morgan fingerprint density at radius 2 is 1.88 bits per heavy atom. The highest BCUT2D eigenvalue weighted by Crippen LogP contribution is 2.25. The van der Waals surface area contributed by atoms with E-state index in [0.717, 1.165) is 25.1 Å². The van der Waals surface area contributed by atoms with Gasteiger partial charge in [0.2, 0.25) is 0 Å². The lowest BCUT2D eigenvalue weighted by atomic mass is 9.97. The molecule has 2 atom stereocenters. The van der Waals surface area contributed by atoms with Gasteiger partial charge in [0.15, 0.2) is 0 Å². The van der Waals surface area contributed by atoms with E-state index in [2.05, 4.69) is 4.90 Å². The van der Waals surface area contributed by atoms with E-state index in [1.165, 1.54) is 0 Å². The van der Waals surface area contributed by atoms with Crippen molar-refractivity contribution >= 4 is 17.7 Å². The maximum atomic E-state index is 11.8. The summed E-state index contributed by atoms with van der Waals surface area (Å²) in [6, 6.07) is 7.63. The van der Waals surface area contributed by atoms with Gasteiger partial charge in [-0.05, 0) is 50.5 Å². The van der Waals surface area contributed by atoms with Crippen LogP contribution in [0.25, 0.3) is 0 Å². The first-order valence-corrected chi connectivity index (χ1v) is 9.70. The van der Waals surface area contributed by atoms with Crippen LogP contribution in [0, 0.1) is 0 Å². The molecule has 144 valence electrons. The summed E-state index contributed by atoms with van der Waals surface area (Å²) in [5.74, 6) is 0.720. The van der Waals surface area contributed by atoms with Crippen molar-refractivity contribution in [1.82, 2.24) is 9.80 Å². The fourth-order valence-corrected chi connectivity index (χ4v) is 3.82. The van der Waals surface area contributed by atoms with Gasteiger partial charge in [-0.15, -0.1) is 0 Å². The van der Waals surface area contributed by atoms with Crippen LogP contribution in [0.15, 0.2) is 24.3 Å². The third-order valence-electron chi connectivity index (χ3n) is 5.16. The smallest absolute Gasteiger partial charge is 0.409 e. The second-order valence-electron chi connectivity index (χ2n) is 6.88. The summed E-state index contributed by atoms with van der Waals surface area (Å²) >= 11 is 5.91. The second-order valence-corrected chi connectivity index (χ2v) is 7.31. The van der Waals surface area contributed by atoms with E-state index in [9.17, 15) is 9.90 Å². The topological polar surface area (TPSA) is 62.2 Å². The van der Waals surface area contributed by atoms with Crippen LogP contribution in [-0.4, -0.2) is 72.0 Å². The minimum absolute atomic E-state index is 0.219. The molecule has 26 heavy (non-hydrogen) atoms. The number of likely N-dealkylation sites (tertiary alicyclic amines) is 2. The maximum Gasteiger partial charge on any atom is 0.409 e. The van der Waals surface area contributed by atoms with Gasteiger partial charge in [0, 0.05) is 37.2 Å². The lowest BCUT2D eigenvalue weighted by molar-refractivity contribution is -0.0433. The van der Waals surface area contributed by atoms with Gasteiger partial charge in [0.05, 0.1) is 12.7 Å². The number of carbonyl (C=O) groups is 1. The molecular weight excluding hydrogens is 356 g/mol. The Labute approximate surface area is 159 Å². The summed E-state index contributed by atoms with van der Waals surface area (Å²) in [7, 11) is 0. The van der Waals surface area contributed by atoms with Crippen LogP contribution in [0.5, 0.6) is 5.75 Å². The molecule has 1 N–H and O–H groups in total. The van der Waals surface area contributed by atoms with Gasteiger partial charge in [0.1, 0.15) is 11.9 Å². The Kier molecular flexibility index (Phi) is 6.62. The molecule has 2 saturated heterocycles. The Hall–Kier alpha value is -1.50. The quantitative estimate of drug-likeness (QED) is 0.867. The van der Waals surface area contributed by atoms with Crippen LogP contribution in [0.4, 0.5) is 4.79 Å². The zero-order chi connectivity index (χ0) is 18.5. The number of hydrogen-bond acceptors (Lipinski definition) is 5. The third kappa shape index (κ3) is 4.81. The molecule has 0 radical (unpaired) electrons. The number of aliphatic hydroxyl groups is 1. The predicted octanol–water partition coefficient (Wildman–Crippen LogP) is 2.77. The van der Waals surface area contributed by atoms with E-state index < -0.39 is 6.10 Å². The number of hydrogen-bond donors (Lipinski definition) is 1. The Balaban J connectivity index is 1.53. The van der Waals surface area contributed by atoms with Crippen molar-refractivity contribution in [2.45, 2.75) is 44.4 Å². The van der Waals surface area contributed by atoms with Crippen LogP contribution in [-0.2, 0) is 4.74 Å². The molecule has 6 nitrogen and oxygen atoms in total. The first kappa shape index (κ1) is 19.3. The van der Waals surface area contributed by atoms with Crippen LogP contribution in [0.1, 0.15) is 26.2 Å². The number of benzene rings is 1. The molecule has 7 heteroatoms. The van der Waals surface area contributed by atoms with Gasteiger partial charge >= 0.3 is 6.09 Å². The summed E-state index contributed by atoms with van der Waals surface area (Å²) in [4.78, 5) is 16.0. The molecule has 2 heterocycles. The summed E-state index contributed by atoms with van der Waals surface area (Å²) < 4.78 is 11.1. The number of amides is 1. The zero-order valence-electron chi connectivity index (χ0n) is 15.1. The minimum Gasteiger partial charge on any atom is -0.486 e. The molecular formula is C19H27ClN2O4. The van der Waals surface area contributed by atoms with E-state index in [4.69, 9.17) is 21.1 Å². The van der Waals surface area contributed by atoms with Gasteiger partial charge in [-0.2, -0.15) is 0 Å². The summed E-state index contributed by atoms with van der Waals surface area (Å²) in [5, 5.41) is 11.0. The lowest BCUT2D eigenvalue weighted by Crippen LogP contribution is -2.55. The Bertz CT molecular complexity index is 590. The van der Waals surface area contributed by atoms with Crippen molar-refractivity contribution in [3.05, 3.63) is 29.3 Å². The van der Waals surface area contributed by atoms with Crippen molar-refractivity contribution in [3.8, 4) is 5.75 Å². The van der Waals surface area contributed by atoms with Gasteiger partial charge in [-0.3, -0.25) is 4.90 Å². The largest absolute Gasteiger partial charge is 0.486 e. The van der Waals surface area contributed by atoms with Crippen LogP contribution in [0.2, 0.25) is 5.02 Å². The van der Waals surface area contributed by atoms with Crippen LogP contribution < -0.4 is 4.74 Å². The molecule has 1 amide bonds. The van der Waals surface area contributed by atoms with E-state index in [0.29, 0.717) is 43.7 Å². The normalized spacial score (nSPS) is 25.1. The third-order valence-corrected chi connectivity index (χ3v) is 5.42. The van der Waals surface area contributed by atoms with Gasteiger partial charge in [-0.1, -0.05) is 11.6 Å². The molecule has 0 aromatic heterocycles. The summed E-state index contributed by atoms with van der Waals surface area (Å²) in [5.41, 5.74) is 0. The molecule has 1 aromatic carbocycles. The second kappa shape index (κ2) is 8.93. The number of rotatable bonds is 4. The first-order valence-electron chi connectivity index (χ1n) is 9.33. The summed E-state index contributed by atoms with van der Waals surface area (Å²) in [6.07, 6.45) is 1.58. The number of ether oxygens (including phenoxy) is 2. The van der Waals surface area contributed by atoms with E-state index >= 15 is 0 Å². The monoisotopic (exact) mass is 382 g/mol. The number of nitrogens with zero attached hydrogens (tertiary/aromatic N) is 2. The van der Waals surface area contributed by atoms with Crippen LogP contribution >= 0.6 is 11.6 Å². The molecule has 2 aliphatic rings. The fourth-order valence-electron chi connectivity index (χ4n) is 3.69. The van der Waals surface area contributed by atoms with Gasteiger partial charge in [-0.25, -0.2) is 4.79 Å². The molecule has 2 aliphatic heterocycles. The zero-order valence-corrected chi connectivity index (χ0v) is 15.9. The highest BCUT2D eigenvalue weighted by Gasteiger charge is 2.35. The minimum atomic E-state index is -0.471. The van der Waals surface area contributed by atoms with Crippen molar-refractivity contribution in [1.29, 1.82) is 0 Å². The highest BCUT2D eigenvalue weighted by atomic mass is 35.5. The summed E-state index contributed by atoms with van der Waals surface area (Å²) in [6.45, 7) is 5.20. The van der Waals surface area contributed by atoms with E-state index in [-0.39, 0.29) is 12.2 Å². The molecule has 0 unspecified atom stereocenters. The molecule has 3 rings (SSSR count). The number of halogens is 1. The van der Waals surface area contributed by atoms with E-state index in [1.54, 1.807) is 17.0 Å². The van der Waals surface area contributed by atoms with Crippen molar-refractivity contribution in [2.75, 3.05) is 32.8 Å². The number of piperidine rings is 2. The molecule has 0 spiro atoms. The highest BCUT2D eigenvalue weighted by molar-refractivity contribution is 6.30. The predicted molar refractivity (Wildman–Crippen MR) is 99.7 cm³/mol. The number of carbonyl (C=O) groups excluding carboxylic acids is 1. The van der Waals surface area contributed by atoms with E-state index in [1.807, 2.05) is 19.1 Å². The molecule has 1 aromatic rings. The van der Waals surface area contributed by atoms with Gasteiger partial charge in [0.25, 0.3) is 0 Å². The molecule has 0 bridgehead atoms. The maximum absolute atomic E-state index is 11.8. The SMILES string of the molecule is CCOC(=O)N1CCC(N2CC[C@@H](O)[C@H](Oc3ccc(Cl)cc3)C2)CC1. The standard InChI is InChI=1S/C19H27ClN2O4/c1-2-25-19(24)21-10-7-15(8-11-21)22-12-9-17(23)18(13-22)26-16-5-3-14(20)4-6-16/h3-6,15,17-18,23H,2,7-13H2,1H3/t17-,18-/m1/s1. The van der Waals surface area contributed by atoms with Crippen molar-refractivity contribution in [3.63, 3.8) is 0 Å². The molecule has 0 aliphatic carbocycles. The molecule has 2 fully saturated rings. The Morgan fingerprint density at radius 1 is 1.19 bits per heavy atom. The number of aliphatic hydroxyl groups excluding tert-OH is 1.